The third-order valence-electron chi connectivity index (χ3n) is 3.19. The predicted octanol–water partition coefficient (Wildman–Crippen LogP) is 2.83. The summed E-state index contributed by atoms with van der Waals surface area (Å²) in [7, 11) is 0. The fourth-order valence-electron chi connectivity index (χ4n) is 2.06. The van der Waals surface area contributed by atoms with E-state index in [0.717, 1.165) is 11.4 Å². The van der Waals surface area contributed by atoms with E-state index in [2.05, 4.69) is 10.1 Å². The van der Waals surface area contributed by atoms with Gasteiger partial charge in [0.2, 0.25) is 0 Å². The summed E-state index contributed by atoms with van der Waals surface area (Å²) in [5.74, 6) is -0.0944. The number of aryl methyl sites for hydroxylation is 1. The van der Waals surface area contributed by atoms with Crippen LogP contribution in [0.25, 0.3) is 0 Å². The first-order valence-corrected chi connectivity index (χ1v) is 6.83. The van der Waals surface area contributed by atoms with E-state index >= 15 is 0 Å². The molecular formula is C15H20N4O. The Kier molecular flexibility index (Phi) is 4.17. The second-order valence-corrected chi connectivity index (χ2v) is 4.93. The van der Waals surface area contributed by atoms with Crippen LogP contribution in [0.3, 0.4) is 0 Å². The van der Waals surface area contributed by atoms with Crippen LogP contribution in [0.2, 0.25) is 0 Å². The van der Waals surface area contributed by atoms with Crippen molar-refractivity contribution in [2.45, 2.75) is 33.7 Å². The van der Waals surface area contributed by atoms with E-state index in [0.29, 0.717) is 12.2 Å². The van der Waals surface area contributed by atoms with Crippen molar-refractivity contribution in [3.8, 4) is 0 Å². The maximum atomic E-state index is 12.6. The first-order chi connectivity index (χ1) is 9.54. The zero-order valence-electron chi connectivity index (χ0n) is 12.4. The molecule has 0 atom stereocenters. The largest absolute Gasteiger partial charge is 0.305 e. The molecule has 5 heteroatoms. The molecule has 0 aliphatic heterocycles. The Balaban J connectivity index is 2.32. The Morgan fingerprint density at radius 2 is 2.15 bits per heavy atom. The van der Waals surface area contributed by atoms with Gasteiger partial charge >= 0.3 is 0 Å². The van der Waals surface area contributed by atoms with Gasteiger partial charge < -0.3 is 4.90 Å². The molecule has 0 spiro atoms. The topological polar surface area (TPSA) is 51.0 Å². The maximum Gasteiger partial charge on any atom is 0.278 e. The minimum atomic E-state index is -0.0944. The lowest BCUT2D eigenvalue weighted by Gasteiger charge is -2.21. The lowest BCUT2D eigenvalue weighted by atomic mass is 10.2. The van der Waals surface area contributed by atoms with Crippen LogP contribution in [-0.4, -0.2) is 27.2 Å². The lowest BCUT2D eigenvalue weighted by molar-refractivity contribution is 0.0982. The summed E-state index contributed by atoms with van der Waals surface area (Å²) in [4.78, 5) is 18.5. The predicted molar refractivity (Wildman–Crippen MR) is 78.9 cm³/mol. The number of pyridine rings is 1. The lowest BCUT2D eigenvalue weighted by Crippen LogP contribution is -2.31. The maximum absolute atomic E-state index is 12.6. The second kappa shape index (κ2) is 5.86. The number of carbonyl (C=O) groups is 1. The summed E-state index contributed by atoms with van der Waals surface area (Å²) in [5, 5.41) is 4.34. The van der Waals surface area contributed by atoms with Crippen LogP contribution in [0.1, 0.15) is 43.0 Å². The van der Waals surface area contributed by atoms with Crippen molar-refractivity contribution < 1.29 is 4.79 Å². The Labute approximate surface area is 119 Å². The van der Waals surface area contributed by atoms with E-state index in [1.165, 1.54) is 0 Å². The van der Waals surface area contributed by atoms with E-state index in [1.54, 1.807) is 21.8 Å². The number of nitrogens with zero attached hydrogens (tertiary/aromatic N) is 4. The highest BCUT2D eigenvalue weighted by molar-refractivity contribution is 6.04. The minimum Gasteiger partial charge on any atom is -0.305 e. The normalized spacial score (nSPS) is 10.8. The van der Waals surface area contributed by atoms with Crippen LogP contribution >= 0.6 is 0 Å². The molecule has 106 valence electrons. The van der Waals surface area contributed by atoms with E-state index in [4.69, 9.17) is 0 Å². The van der Waals surface area contributed by atoms with Gasteiger partial charge in [-0.15, -0.1) is 0 Å². The molecule has 2 aromatic heterocycles. The number of carbonyl (C=O) groups excluding carboxylic acids is 1. The van der Waals surface area contributed by atoms with Crippen molar-refractivity contribution in [1.29, 1.82) is 0 Å². The van der Waals surface area contributed by atoms with Gasteiger partial charge in [-0.25, -0.2) is 0 Å². The van der Waals surface area contributed by atoms with Gasteiger partial charge in [0.25, 0.3) is 5.91 Å². The first-order valence-electron chi connectivity index (χ1n) is 6.83. The van der Waals surface area contributed by atoms with E-state index < -0.39 is 0 Å². The second-order valence-electron chi connectivity index (χ2n) is 4.93. The standard InChI is InChI=1S/C15H20N4O/c1-5-18(14-7-6-9-16-12(14)4)15(20)13-8-10-19(17-13)11(2)3/h6-11H,5H2,1-4H3. The van der Waals surface area contributed by atoms with Gasteiger partial charge in [0.1, 0.15) is 0 Å². The molecule has 1 amide bonds. The molecule has 2 aromatic rings. The minimum absolute atomic E-state index is 0.0944. The van der Waals surface area contributed by atoms with Crippen LogP contribution in [0, 0.1) is 6.92 Å². The SMILES string of the molecule is CCN(C(=O)c1ccn(C(C)C)n1)c1cccnc1C. The Bertz CT molecular complexity index is 603. The van der Waals surface area contributed by atoms with Gasteiger partial charge in [0.05, 0.1) is 11.4 Å². The molecule has 0 aliphatic carbocycles. The molecule has 0 fully saturated rings. The Morgan fingerprint density at radius 1 is 1.40 bits per heavy atom. The van der Waals surface area contributed by atoms with Crippen molar-refractivity contribution in [2.75, 3.05) is 11.4 Å². The molecule has 0 saturated carbocycles. The zero-order chi connectivity index (χ0) is 14.7. The van der Waals surface area contributed by atoms with Crippen LogP contribution in [0.5, 0.6) is 0 Å². The molecule has 0 radical (unpaired) electrons. The van der Waals surface area contributed by atoms with Gasteiger partial charge in [-0.2, -0.15) is 5.10 Å². The summed E-state index contributed by atoms with van der Waals surface area (Å²) in [6.07, 6.45) is 3.56. The van der Waals surface area contributed by atoms with Crippen LogP contribution in [-0.2, 0) is 0 Å². The van der Waals surface area contributed by atoms with Crippen molar-refractivity contribution in [3.05, 3.63) is 42.0 Å². The molecule has 0 saturated heterocycles. The highest BCUT2D eigenvalue weighted by atomic mass is 16.2. The smallest absolute Gasteiger partial charge is 0.278 e. The van der Waals surface area contributed by atoms with Crippen molar-refractivity contribution >= 4 is 11.6 Å². The highest BCUT2D eigenvalue weighted by Crippen LogP contribution is 2.19. The van der Waals surface area contributed by atoms with E-state index in [9.17, 15) is 4.79 Å². The molecule has 0 aliphatic rings. The number of amides is 1. The van der Waals surface area contributed by atoms with Crippen LogP contribution < -0.4 is 4.90 Å². The fourth-order valence-corrected chi connectivity index (χ4v) is 2.06. The quantitative estimate of drug-likeness (QED) is 0.860. The first kappa shape index (κ1) is 14.2. The zero-order valence-corrected chi connectivity index (χ0v) is 12.4. The molecule has 0 aromatic carbocycles. The monoisotopic (exact) mass is 272 g/mol. The molecule has 5 nitrogen and oxygen atoms in total. The number of aromatic nitrogens is 3. The molecule has 20 heavy (non-hydrogen) atoms. The number of anilines is 1. The van der Waals surface area contributed by atoms with Crippen molar-refractivity contribution in [2.24, 2.45) is 0 Å². The molecule has 2 rings (SSSR count). The van der Waals surface area contributed by atoms with E-state index in [-0.39, 0.29) is 11.9 Å². The molecule has 2 heterocycles. The molecule has 0 N–H and O–H groups in total. The van der Waals surface area contributed by atoms with Gasteiger partial charge in [-0.05, 0) is 45.9 Å². The summed E-state index contributed by atoms with van der Waals surface area (Å²) in [6.45, 7) is 8.50. The Morgan fingerprint density at radius 3 is 2.70 bits per heavy atom. The number of hydrogen-bond donors (Lipinski definition) is 0. The number of hydrogen-bond acceptors (Lipinski definition) is 3. The Hall–Kier alpha value is -2.17. The average molecular weight is 272 g/mol. The summed E-state index contributed by atoms with van der Waals surface area (Å²) in [6, 6.07) is 5.75. The molecule has 0 unspecified atom stereocenters. The van der Waals surface area contributed by atoms with Crippen molar-refractivity contribution in [1.82, 2.24) is 14.8 Å². The van der Waals surface area contributed by atoms with Gasteiger partial charge in [0, 0.05) is 25.0 Å². The summed E-state index contributed by atoms with van der Waals surface area (Å²) in [5.41, 5.74) is 2.13. The number of rotatable bonds is 4. The van der Waals surface area contributed by atoms with Gasteiger partial charge in [-0.1, -0.05) is 0 Å². The fraction of sp³-hybridized carbons (Fsp3) is 0.400. The molecule has 0 bridgehead atoms. The third-order valence-corrected chi connectivity index (χ3v) is 3.19. The third kappa shape index (κ3) is 2.71. The summed E-state index contributed by atoms with van der Waals surface area (Å²) >= 11 is 0. The highest BCUT2D eigenvalue weighted by Gasteiger charge is 2.20. The summed E-state index contributed by atoms with van der Waals surface area (Å²) < 4.78 is 1.79. The van der Waals surface area contributed by atoms with E-state index in [1.807, 2.05) is 46.0 Å². The van der Waals surface area contributed by atoms with Gasteiger partial charge in [0.15, 0.2) is 5.69 Å². The van der Waals surface area contributed by atoms with Crippen molar-refractivity contribution in [3.63, 3.8) is 0 Å². The van der Waals surface area contributed by atoms with Crippen LogP contribution in [0.4, 0.5) is 5.69 Å². The van der Waals surface area contributed by atoms with Crippen LogP contribution in [0.15, 0.2) is 30.6 Å². The molecular weight excluding hydrogens is 252 g/mol. The average Bonchev–Trinajstić information content (AvgIpc) is 2.91. The van der Waals surface area contributed by atoms with Gasteiger partial charge in [-0.3, -0.25) is 14.5 Å².